The van der Waals surface area contributed by atoms with Crippen molar-refractivity contribution in [3.05, 3.63) is 39.8 Å². The van der Waals surface area contributed by atoms with E-state index in [1.807, 2.05) is 0 Å². The standard InChI is InChI=1S/C20H21BrClNO7S/c1-4-5-29-20(28)18(27)23-17(26)13(7-11(3)24)19(23)31-15(25)9-30-16-10(2)6-12(21)8-14(16)22/h4,6,8,13,18-19,27H,1,5,7,9H2,2-3H3/t13-,18?,19-/m1/s1. The van der Waals surface area contributed by atoms with Crippen LogP contribution in [0.4, 0.5) is 0 Å². The van der Waals surface area contributed by atoms with E-state index in [2.05, 4.69) is 22.5 Å². The van der Waals surface area contributed by atoms with Gasteiger partial charge in [-0.15, -0.1) is 0 Å². The first-order valence-corrected chi connectivity index (χ1v) is 11.2. The largest absolute Gasteiger partial charge is 0.483 e. The van der Waals surface area contributed by atoms with Gasteiger partial charge >= 0.3 is 5.97 Å². The Balaban J connectivity index is 2.09. The van der Waals surface area contributed by atoms with Crippen molar-refractivity contribution in [3.8, 4) is 5.75 Å². The monoisotopic (exact) mass is 533 g/mol. The number of benzene rings is 1. The van der Waals surface area contributed by atoms with E-state index in [1.165, 1.54) is 13.0 Å². The number of hydrogen-bond donors (Lipinski definition) is 1. The first-order chi connectivity index (χ1) is 14.6. The number of aryl methyl sites for hydroxylation is 1. The van der Waals surface area contributed by atoms with E-state index in [4.69, 9.17) is 21.1 Å². The van der Waals surface area contributed by atoms with Crippen molar-refractivity contribution in [2.24, 2.45) is 5.92 Å². The summed E-state index contributed by atoms with van der Waals surface area (Å²) >= 11 is 10.2. The molecule has 1 aliphatic rings. The Morgan fingerprint density at radius 1 is 1.42 bits per heavy atom. The highest BCUT2D eigenvalue weighted by Crippen LogP contribution is 2.39. The number of rotatable bonds is 10. The molecule has 1 aliphatic heterocycles. The summed E-state index contributed by atoms with van der Waals surface area (Å²) in [6, 6.07) is 3.40. The Labute approximate surface area is 197 Å². The predicted molar refractivity (Wildman–Crippen MR) is 119 cm³/mol. The Kier molecular flexibility index (Phi) is 9.11. The molecule has 1 fully saturated rings. The first kappa shape index (κ1) is 25.4. The number of aliphatic hydroxyl groups excluding tert-OH is 1. The highest BCUT2D eigenvalue weighted by molar-refractivity contribution is 9.10. The van der Waals surface area contributed by atoms with Gasteiger partial charge in [-0.1, -0.05) is 51.9 Å². The Bertz CT molecular complexity index is 887. The van der Waals surface area contributed by atoms with Crippen LogP contribution in [0.5, 0.6) is 5.75 Å². The molecule has 11 heteroatoms. The molecule has 168 valence electrons. The molecular weight excluding hydrogens is 514 g/mol. The molecule has 0 spiro atoms. The minimum atomic E-state index is -1.90. The maximum atomic E-state index is 12.5. The molecule has 3 atom stereocenters. The number of Topliss-reactive ketones (excluding diaryl/α,β-unsaturated/α-hetero) is 1. The average molecular weight is 535 g/mol. The summed E-state index contributed by atoms with van der Waals surface area (Å²) in [4.78, 5) is 49.2. The van der Waals surface area contributed by atoms with Gasteiger partial charge in [-0.25, -0.2) is 4.79 Å². The van der Waals surface area contributed by atoms with Gasteiger partial charge in [-0.3, -0.25) is 14.5 Å². The lowest BCUT2D eigenvalue weighted by Crippen LogP contribution is -2.65. The van der Waals surface area contributed by atoms with Gasteiger partial charge in [0.15, 0.2) is 6.61 Å². The lowest BCUT2D eigenvalue weighted by molar-refractivity contribution is -0.184. The van der Waals surface area contributed by atoms with Gasteiger partial charge in [0.25, 0.3) is 0 Å². The summed E-state index contributed by atoms with van der Waals surface area (Å²) in [6.07, 6.45) is -0.707. The smallest absolute Gasteiger partial charge is 0.356 e. The maximum Gasteiger partial charge on any atom is 0.356 e. The number of aliphatic hydroxyl groups is 1. The van der Waals surface area contributed by atoms with Crippen LogP contribution in [0, 0.1) is 12.8 Å². The molecule has 8 nitrogen and oxygen atoms in total. The molecule has 0 radical (unpaired) electrons. The quantitative estimate of drug-likeness (QED) is 0.277. The number of esters is 1. The van der Waals surface area contributed by atoms with Crippen molar-refractivity contribution in [2.45, 2.75) is 31.9 Å². The molecule has 1 saturated heterocycles. The number of amides is 1. The number of thioether (sulfide) groups is 1. The van der Waals surface area contributed by atoms with Gasteiger partial charge in [-0.2, -0.15) is 0 Å². The van der Waals surface area contributed by atoms with Crippen molar-refractivity contribution in [2.75, 3.05) is 13.2 Å². The Morgan fingerprint density at radius 2 is 2.10 bits per heavy atom. The maximum absolute atomic E-state index is 12.5. The second-order valence-corrected chi connectivity index (χ2v) is 9.25. The van der Waals surface area contributed by atoms with E-state index in [0.717, 1.165) is 9.37 Å². The average Bonchev–Trinajstić information content (AvgIpc) is 2.68. The highest BCUT2D eigenvalue weighted by Gasteiger charge is 2.53. The summed E-state index contributed by atoms with van der Waals surface area (Å²) in [5, 5.41) is 9.14. The van der Waals surface area contributed by atoms with Crippen molar-refractivity contribution in [3.63, 3.8) is 0 Å². The minimum Gasteiger partial charge on any atom is -0.483 e. The normalized spacial score (nSPS) is 18.7. The predicted octanol–water partition coefficient (Wildman–Crippen LogP) is 2.86. The van der Waals surface area contributed by atoms with Crippen molar-refractivity contribution in [1.82, 2.24) is 4.90 Å². The van der Waals surface area contributed by atoms with Crippen LogP contribution < -0.4 is 4.74 Å². The van der Waals surface area contributed by atoms with Crippen LogP contribution in [-0.4, -0.2) is 57.6 Å². The van der Waals surface area contributed by atoms with Crippen LogP contribution in [0.2, 0.25) is 5.02 Å². The zero-order valence-corrected chi connectivity index (χ0v) is 20.0. The number of halogens is 2. The molecular formula is C20H21BrClNO7S. The molecule has 0 saturated carbocycles. The van der Waals surface area contributed by atoms with E-state index < -0.39 is 34.5 Å². The molecule has 1 amide bonds. The molecule has 31 heavy (non-hydrogen) atoms. The van der Waals surface area contributed by atoms with Gasteiger partial charge in [0.05, 0.1) is 10.9 Å². The van der Waals surface area contributed by atoms with Gasteiger partial charge in [0.2, 0.25) is 17.3 Å². The molecule has 1 unspecified atom stereocenters. The van der Waals surface area contributed by atoms with Gasteiger partial charge < -0.3 is 19.4 Å². The number of carbonyl (C=O) groups excluding carboxylic acids is 4. The zero-order chi connectivity index (χ0) is 23.3. The number of likely N-dealkylation sites (tertiary alicyclic amines) is 1. The van der Waals surface area contributed by atoms with E-state index in [-0.39, 0.29) is 25.4 Å². The molecule has 1 aromatic rings. The van der Waals surface area contributed by atoms with Gasteiger partial charge in [0.1, 0.15) is 23.5 Å². The van der Waals surface area contributed by atoms with Gasteiger partial charge in [-0.05, 0) is 31.5 Å². The number of nitrogens with zero attached hydrogens (tertiary/aromatic N) is 1. The lowest BCUT2D eigenvalue weighted by Gasteiger charge is -2.47. The van der Waals surface area contributed by atoms with Crippen molar-refractivity contribution < 1.29 is 33.8 Å². The van der Waals surface area contributed by atoms with Crippen molar-refractivity contribution >= 4 is 62.1 Å². The molecule has 1 heterocycles. The first-order valence-electron chi connectivity index (χ1n) is 9.12. The molecule has 1 N–H and O–H groups in total. The van der Waals surface area contributed by atoms with Crippen LogP contribution in [0.3, 0.4) is 0 Å². The van der Waals surface area contributed by atoms with E-state index in [1.54, 1.807) is 19.1 Å². The third-order valence-electron chi connectivity index (χ3n) is 4.30. The third kappa shape index (κ3) is 6.31. The molecule has 1 aromatic carbocycles. The number of ether oxygens (including phenoxy) is 2. The topological polar surface area (TPSA) is 110 Å². The number of carbonyl (C=O) groups is 4. The van der Waals surface area contributed by atoms with E-state index in [0.29, 0.717) is 28.1 Å². The van der Waals surface area contributed by atoms with Gasteiger partial charge in [0, 0.05) is 10.9 Å². The van der Waals surface area contributed by atoms with Crippen LogP contribution in [0.1, 0.15) is 18.9 Å². The SMILES string of the molecule is C=CCOC(=O)C(O)N1C(=O)[C@@H](CC(C)=O)[C@H]1SC(=O)COc1c(C)cc(Br)cc1Cl. The second-order valence-electron chi connectivity index (χ2n) is 6.75. The molecule has 0 aliphatic carbocycles. The highest BCUT2D eigenvalue weighted by atomic mass is 79.9. The van der Waals surface area contributed by atoms with Crippen LogP contribution >= 0.6 is 39.3 Å². The van der Waals surface area contributed by atoms with Crippen molar-refractivity contribution in [1.29, 1.82) is 0 Å². The molecule has 0 aromatic heterocycles. The number of β-lactam (4-membered cyclic amide) rings is 1. The van der Waals surface area contributed by atoms with Crippen LogP contribution in [0.25, 0.3) is 0 Å². The fourth-order valence-electron chi connectivity index (χ4n) is 2.95. The fraction of sp³-hybridized carbons (Fsp3) is 0.400. The lowest BCUT2D eigenvalue weighted by atomic mass is 9.92. The minimum absolute atomic E-state index is 0.118. The number of ketones is 1. The second kappa shape index (κ2) is 11.1. The van der Waals surface area contributed by atoms with Crippen LogP contribution in [-0.2, 0) is 23.9 Å². The number of hydrogen-bond acceptors (Lipinski definition) is 8. The summed E-state index contributed by atoms with van der Waals surface area (Å²) in [7, 11) is 0. The summed E-state index contributed by atoms with van der Waals surface area (Å²) in [6.45, 7) is 5.97. The fourth-order valence-corrected chi connectivity index (χ4v) is 5.08. The summed E-state index contributed by atoms with van der Waals surface area (Å²) in [5.41, 5.74) is 0.715. The summed E-state index contributed by atoms with van der Waals surface area (Å²) < 4.78 is 11.1. The Hall–Kier alpha value is -1.88. The Morgan fingerprint density at radius 3 is 2.68 bits per heavy atom. The summed E-state index contributed by atoms with van der Waals surface area (Å²) in [5.74, 6) is -2.43. The zero-order valence-electron chi connectivity index (χ0n) is 16.8. The third-order valence-corrected chi connectivity index (χ3v) is 6.21. The van der Waals surface area contributed by atoms with Crippen LogP contribution in [0.15, 0.2) is 29.3 Å². The molecule has 2 rings (SSSR count). The van der Waals surface area contributed by atoms with E-state index >= 15 is 0 Å². The van der Waals surface area contributed by atoms with E-state index in [9.17, 15) is 24.3 Å². The molecule has 0 bridgehead atoms.